The molecule has 1 unspecified atom stereocenters. The molecule has 0 bridgehead atoms. The molecule has 0 saturated carbocycles. The predicted octanol–water partition coefficient (Wildman–Crippen LogP) is 4.95. The van der Waals surface area contributed by atoms with Gasteiger partial charge in [0, 0.05) is 12.6 Å². The lowest BCUT2D eigenvalue weighted by atomic mass is 10.0. The number of rotatable bonds is 3. The monoisotopic (exact) mass is 279 g/mol. The predicted molar refractivity (Wildman–Crippen MR) is 89.5 cm³/mol. The lowest BCUT2D eigenvalue weighted by Gasteiger charge is -2.25. The van der Waals surface area contributed by atoms with Gasteiger partial charge in [-0.1, -0.05) is 48.0 Å². The fraction of sp³-hybridized carbons (Fsp3) is 0.400. The SMILES string of the molecule is Cc1cccc(C2CCCN2Cc2ccc(C)c(C)c2)c1. The zero-order valence-electron chi connectivity index (χ0n) is 13.4. The molecule has 0 aliphatic carbocycles. The van der Waals surface area contributed by atoms with Crippen LogP contribution in [0.3, 0.4) is 0 Å². The standard InChI is InChI=1S/C20H25N/c1-15-6-4-7-19(12-15)20-8-5-11-21(20)14-18-10-9-16(2)17(3)13-18/h4,6-7,9-10,12-13,20H,5,8,11,14H2,1-3H3. The number of benzene rings is 2. The molecular formula is C20H25N. The molecule has 1 aliphatic heterocycles. The number of aryl methyl sites for hydroxylation is 3. The molecule has 1 heterocycles. The lowest BCUT2D eigenvalue weighted by Crippen LogP contribution is -2.22. The lowest BCUT2D eigenvalue weighted by molar-refractivity contribution is 0.248. The van der Waals surface area contributed by atoms with Gasteiger partial charge in [-0.25, -0.2) is 0 Å². The van der Waals surface area contributed by atoms with E-state index in [0.717, 1.165) is 6.54 Å². The van der Waals surface area contributed by atoms with Crippen molar-refractivity contribution < 1.29 is 0 Å². The fourth-order valence-electron chi connectivity index (χ4n) is 3.41. The van der Waals surface area contributed by atoms with Crippen molar-refractivity contribution in [1.82, 2.24) is 4.90 Å². The van der Waals surface area contributed by atoms with Crippen LogP contribution in [0.1, 0.15) is 46.7 Å². The van der Waals surface area contributed by atoms with Crippen molar-refractivity contribution in [3.63, 3.8) is 0 Å². The van der Waals surface area contributed by atoms with Gasteiger partial charge in [0.1, 0.15) is 0 Å². The van der Waals surface area contributed by atoms with E-state index in [1.165, 1.54) is 47.2 Å². The van der Waals surface area contributed by atoms with Crippen LogP contribution in [0, 0.1) is 20.8 Å². The number of likely N-dealkylation sites (tertiary alicyclic amines) is 1. The highest BCUT2D eigenvalue weighted by Crippen LogP contribution is 2.33. The molecule has 1 saturated heterocycles. The zero-order chi connectivity index (χ0) is 14.8. The average molecular weight is 279 g/mol. The van der Waals surface area contributed by atoms with Gasteiger partial charge in [-0.2, -0.15) is 0 Å². The van der Waals surface area contributed by atoms with Gasteiger partial charge in [-0.05, 0) is 62.4 Å². The smallest absolute Gasteiger partial charge is 0.0352 e. The number of nitrogens with zero attached hydrogens (tertiary/aromatic N) is 1. The molecule has 1 heteroatoms. The van der Waals surface area contributed by atoms with Crippen LogP contribution in [0.4, 0.5) is 0 Å². The van der Waals surface area contributed by atoms with Crippen LogP contribution in [0.25, 0.3) is 0 Å². The summed E-state index contributed by atoms with van der Waals surface area (Å²) < 4.78 is 0. The third-order valence-electron chi connectivity index (χ3n) is 4.75. The molecule has 1 atom stereocenters. The third-order valence-corrected chi connectivity index (χ3v) is 4.75. The summed E-state index contributed by atoms with van der Waals surface area (Å²) in [5.41, 5.74) is 7.08. The maximum Gasteiger partial charge on any atom is 0.0352 e. The maximum atomic E-state index is 2.64. The number of hydrogen-bond acceptors (Lipinski definition) is 1. The van der Waals surface area contributed by atoms with E-state index >= 15 is 0 Å². The van der Waals surface area contributed by atoms with Crippen LogP contribution in [0.15, 0.2) is 42.5 Å². The molecule has 2 aromatic rings. The van der Waals surface area contributed by atoms with E-state index in [1.807, 2.05) is 0 Å². The fourth-order valence-corrected chi connectivity index (χ4v) is 3.41. The first kappa shape index (κ1) is 14.3. The third kappa shape index (κ3) is 3.19. The minimum atomic E-state index is 0.589. The van der Waals surface area contributed by atoms with E-state index in [2.05, 4.69) is 68.1 Å². The molecule has 2 aromatic carbocycles. The zero-order valence-corrected chi connectivity index (χ0v) is 13.4. The highest BCUT2D eigenvalue weighted by atomic mass is 15.2. The van der Waals surface area contributed by atoms with E-state index in [1.54, 1.807) is 0 Å². The molecule has 0 N–H and O–H groups in total. The summed E-state index contributed by atoms with van der Waals surface area (Å²) in [5.74, 6) is 0. The summed E-state index contributed by atoms with van der Waals surface area (Å²) in [6, 6.07) is 16.5. The maximum absolute atomic E-state index is 2.64. The van der Waals surface area contributed by atoms with Crippen LogP contribution in [0.5, 0.6) is 0 Å². The molecule has 1 aliphatic rings. The minimum Gasteiger partial charge on any atom is -0.292 e. The Kier molecular flexibility index (Phi) is 4.12. The second-order valence-electron chi connectivity index (χ2n) is 6.46. The quantitative estimate of drug-likeness (QED) is 0.768. The first-order valence-corrected chi connectivity index (χ1v) is 8.00. The largest absolute Gasteiger partial charge is 0.292 e. The highest BCUT2D eigenvalue weighted by molar-refractivity contribution is 5.31. The Hall–Kier alpha value is -1.60. The summed E-state index contributed by atoms with van der Waals surface area (Å²) in [6.45, 7) is 8.86. The van der Waals surface area contributed by atoms with Crippen molar-refractivity contribution in [3.05, 3.63) is 70.3 Å². The summed E-state index contributed by atoms with van der Waals surface area (Å²) in [7, 11) is 0. The molecule has 0 spiro atoms. The highest BCUT2D eigenvalue weighted by Gasteiger charge is 2.25. The molecule has 21 heavy (non-hydrogen) atoms. The molecule has 1 nitrogen and oxygen atoms in total. The van der Waals surface area contributed by atoms with Crippen LogP contribution < -0.4 is 0 Å². The Bertz CT molecular complexity index is 629. The summed E-state index contributed by atoms with van der Waals surface area (Å²) in [5, 5.41) is 0. The van der Waals surface area contributed by atoms with Crippen molar-refractivity contribution in [2.75, 3.05) is 6.54 Å². The van der Waals surface area contributed by atoms with Gasteiger partial charge in [0.2, 0.25) is 0 Å². The molecule has 3 rings (SSSR count). The van der Waals surface area contributed by atoms with Crippen molar-refractivity contribution in [1.29, 1.82) is 0 Å². The first-order valence-electron chi connectivity index (χ1n) is 8.00. The minimum absolute atomic E-state index is 0.589. The van der Waals surface area contributed by atoms with Gasteiger partial charge in [-0.15, -0.1) is 0 Å². The second kappa shape index (κ2) is 6.03. The molecule has 0 amide bonds. The van der Waals surface area contributed by atoms with Crippen LogP contribution >= 0.6 is 0 Å². The van der Waals surface area contributed by atoms with E-state index in [-0.39, 0.29) is 0 Å². The Morgan fingerprint density at radius 2 is 1.86 bits per heavy atom. The average Bonchev–Trinajstić information content (AvgIpc) is 2.91. The van der Waals surface area contributed by atoms with Gasteiger partial charge in [0.05, 0.1) is 0 Å². The van der Waals surface area contributed by atoms with Gasteiger partial charge >= 0.3 is 0 Å². The topological polar surface area (TPSA) is 3.24 Å². The molecule has 0 radical (unpaired) electrons. The van der Waals surface area contributed by atoms with Crippen LogP contribution in [0.2, 0.25) is 0 Å². The Morgan fingerprint density at radius 3 is 2.62 bits per heavy atom. The van der Waals surface area contributed by atoms with Crippen molar-refractivity contribution >= 4 is 0 Å². The van der Waals surface area contributed by atoms with Gasteiger partial charge in [0.25, 0.3) is 0 Å². The van der Waals surface area contributed by atoms with Crippen molar-refractivity contribution in [2.24, 2.45) is 0 Å². The Morgan fingerprint density at radius 1 is 1.00 bits per heavy atom. The van der Waals surface area contributed by atoms with Crippen molar-refractivity contribution in [3.8, 4) is 0 Å². The Labute approximate surface area is 128 Å². The summed E-state index contributed by atoms with van der Waals surface area (Å²) >= 11 is 0. The van der Waals surface area contributed by atoms with E-state index in [0.29, 0.717) is 6.04 Å². The van der Waals surface area contributed by atoms with Crippen molar-refractivity contribution in [2.45, 2.75) is 46.2 Å². The van der Waals surface area contributed by atoms with Crippen LogP contribution in [-0.2, 0) is 6.54 Å². The van der Waals surface area contributed by atoms with Gasteiger partial charge < -0.3 is 0 Å². The Balaban J connectivity index is 1.79. The molecule has 1 fully saturated rings. The molecule has 0 aromatic heterocycles. The second-order valence-corrected chi connectivity index (χ2v) is 6.46. The van der Waals surface area contributed by atoms with E-state index < -0.39 is 0 Å². The van der Waals surface area contributed by atoms with E-state index in [4.69, 9.17) is 0 Å². The summed E-state index contributed by atoms with van der Waals surface area (Å²) in [6.07, 6.45) is 2.59. The van der Waals surface area contributed by atoms with Gasteiger partial charge in [0.15, 0.2) is 0 Å². The number of hydrogen-bond donors (Lipinski definition) is 0. The normalized spacial score (nSPS) is 19.1. The summed E-state index contributed by atoms with van der Waals surface area (Å²) in [4.78, 5) is 2.64. The van der Waals surface area contributed by atoms with E-state index in [9.17, 15) is 0 Å². The van der Waals surface area contributed by atoms with Gasteiger partial charge in [-0.3, -0.25) is 4.90 Å². The molecule has 110 valence electrons. The molecular weight excluding hydrogens is 254 g/mol. The van der Waals surface area contributed by atoms with Crippen LogP contribution in [-0.4, -0.2) is 11.4 Å². The first-order chi connectivity index (χ1) is 10.1.